The molecule has 156 valence electrons. The number of carboxylic acids is 1. The van der Waals surface area contributed by atoms with Gasteiger partial charge in [-0.15, -0.1) is 0 Å². The quantitative estimate of drug-likeness (QED) is 0.533. The Labute approximate surface area is 177 Å². The molecule has 5 nitrogen and oxygen atoms in total. The van der Waals surface area contributed by atoms with Crippen molar-refractivity contribution in [2.75, 3.05) is 0 Å². The predicted molar refractivity (Wildman–Crippen MR) is 117 cm³/mol. The van der Waals surface area contributed by atoms with E-state index in [4.69, 9.17) is 4.74 Å². The molecule has 0 aliphatic heterocycles. The second-order valence-corrected chi connectivity index (χ2v) is 7.87. The third kappa shape index (κ3) is 4.25. The number of nitrogens with zero attached hydrogens (tertiary/aromatic N) is 2. The van der Waals surface area contributed by atoms with Gasteiger partial charge < -0.3 is 9.84 Å². The standard InChI is InChI=1S/C25H28N2O3/c1-2-22-23(25(28)29)26-27(20-11-7-4-8-12-20)24(22)19-13-15-21(16-14-19)30-17-18-9-5-3-6-10-18/h3,5-6,9-10,13-16,20H,2,4,7-8,11-12,17H2,1H3,(H,28,29). The van der Waals surface area contributed by atoms with Crippen molar-refractivity contribution in [3.63, 3.8) is 0 Å². The van der Waals surface area contributed by atoms with Crippen molar-refractivity contribution in [3.8, 4) is 17.0 Å². The van der Waals surface area contributed by atoms with Crippen LogP contribution in [0.15, 0.2) is 54.6 Å². The van der Waals surface area contributed by atoms with Crippen LogP contribution in [0.5, 0.6) is 5.75 Å². The van der Waals surface area contributed by atoms with Crippen LogP contribution >= 0.6 is 0 Å². The lowest BCUT2D eigenvalue weighted by Crippen LogP contribution is -2.16. The van der Waals surface area contributed by atoms with E-state index in [2.05, 4.69) is 5.10 Å². The first-order valence-corrected chi connectivity index (χ1v) is 10.8. The summed E-state index contributed by atoms with van der Waals surface area (Å²) in [5.41, 5.74) is 4.05. The van der Waals surface area contributed by atoms with Crippen LogP contribution in [0, 0.1) is 0 Å². The third-order valence-corrected chi connectivity index (χ3v) is 5.86. The molecule has 2 aromatic carbocycles. The fourth-order valence-electron chi connectivity index (χ4n) is 4.32. The molecule has 5 heteroatoms. The molecule has 1 heterocycles. The Kier molecular flexibility index (Phi) is 6.17. The zero-order chi connectivity index (χ0) is 20.9. The summed E-state index contributed by atoms with van der Waals surface area (Å²) in [5.74, 6) is -0.159. The Bertz CT molecular complexity index is 987. The predicted octanol–water partition coefficient (Wildman–Crippen LogP) is 5.89. The number of aromatic carboxylic acids is 1. The molecule has 0 saturated heterocycles. The minimum absolute atomic E-state index is 0.183. The van der Waals surface area contributed by atoms with E-state index in [9.17, 15) is 9.90 Å². The number of carboxylic acid groups (broad SMARTS) is 1. The van der Waals surface area contributed by atoms with Gasteiger partial charge >= 0.3 is 5.97 Å². The normalized spacial score (nSPS) is 14.6. The Morgan fingerprint density at radius 1 is 1.07 bits per heavy atom. The molecule has 30 heavy (non-hydrogen) atoms. The molecule has 0 spiro atoms. The van der Waals surface area contributed by atoms with Crippen LogP contribution in [0.3, 0.4) is 0 Å². The molecule has 0 bridgehead atoms. The van der Waals surface area contributed by atoms with E-state index in [-0.39, 0.29) is 11.7 Å². The highest BCUT2D eigenvalue weighted by Crippen LogP contribution is 2.36. The summed E-state index contributed by atoms with van der Waals surface area (Å²) in [6.07, 6.45) is 6.31. The average molecular weight is 405 g/mol. The van der Waals surface area contributed by atoms with E-state index in [0.717, 1.165) is 41.0 Å². The Balaban J connectivity index is 1.64. The molecule has 1 aliphatic carbocycles. The molecular weight excluding hydrogens is 376 g/mol. The fourth-order valence-corrected chi connectivity index (χ4v) is 4.32. The maximum atomic E-state index is 11.8. The maximum absolute atomic E-state index is 11.8. The smallest absolute Gasteiger partial charge is 0.356 e. The molecular formula is C25H28N2O3. The number of rotatable bonds is 7. The molecule has 0 amide bonds. The Morgan fingerprint density at radius 2 is 1.77 bits per heavy atom. The summed E-state index contributed by atoms with van der Waals surface area (Å²) < 4.78 is 7.90. The van der Waals surface area contributed by atoms with Gasteiger partial charge in [0.25, 0.3) is 0 Å². The van der Waals surface area contributed by atoms with Crippen molar-refractivity contribution in [3.05, 3.63) is 71.4 Å². The van der Waals surface area contributed by atoms with Crippen molar-refractivity contribution in [1.29, 1.82) is 0 Å². The van der Waals surface area contributed by atoms with Crippen LogP contribution in [0.2, 0.25) is 0 Å². The number of hydrogen-bond acceptors (Lipinski definition) is 3. The van der Waals surface area contributed by atoms with E-state index in [0.29, 0.717) is 13.0 Å². The summed E-state index contributed by atoms with van der Waals surface area (Å²) in [6.45, 7) is 2.51. The highest BCUT2D eigenvalue weighted by atomic mass is 16.5. The van der Waals surface area contributed by atoms with Gasteiger partial charge in [0.05, 0.1) is 11.7 Å². The summed E-state index contributed by atoms with van der Waals surface area (Å²) in [5, 5.41) is 14.3. The molecule has 0 unspecified atom stereocenters. The van der Waals surface area contributed by atoms with Gasteiger partial charge in [-0.05, 0) is 49.1 Å². The minimum atomic E-state index is -0.953. The molecule has 1 fully saturated rings. The lowest BCUT2D eigenvalue weighted by Gasteiger charge is -2.24. The number of ether oxygens (including phenoxy) is 1. The molecule has 1 saturated carbocycles. The van der Waals surface area contributed by atoms with Crippen LogP contribution in [0.1, 0.15) is 66.7 Å². The van der Waals surface area contributed by atoms with Gasteiger partial charge in [0.1, 0.15) is 12.4 Å². The van der Waals surface area contributed by atoms with Crippen molar-refractivity contribution in [1.82, 2.24) is 9.78 Å². The van der Waals surface area contributed by atoms with E-state index in [1.165, 1.54) is 19.3 Å². The van der Waals surface area contributed by atoms with Gasteiger partial charge in [0.15, 0.2) is 5.69 Å². The largest absolute Gasteiger partial charge is 0.489 e. The van der Waals surface area contributed by atoms with Crippen molar-refractivity contribution < 1.29 is 14.6 Å². The lowest BCUT2D eigenvalue weighted by molar-refractivity contribution is 0.0687. The molecule has 0 atom stereocenters. The molecule has 3 aromatic rings. The summed E-state index contributed by atoms with van der Waals surface area (Å²) >= 11 is 0. The number of benzene rings is 2. The van der Waals surface area contributed by atoms with Crippen molar-refractivity contribution >= 4 is 5.97 Å². The Hall–Kier alpha value is -3.08. The highest BCUT2D eigenvalue weighted by molar-refractivity contribution is 5.89. The van der Waals surface area contributed by atoms with Crippen LogP contribution in [0.4, 0.5) is 0 Å². The number of hydrogen-bond donors (Lipinski definition) is 1. The van der Waals surface area contributed by atoms with Crippen molar-refractivity contribution in [2.24, 2.45) is 0 Å². The van der Waals surface area contributed by atoms with Crippen LogP contribution in [-0.4, -0.2) is 20.9 Å². The van der Waals surface area contributed by atoms with Crippen LogP contribution in [0.25, 0.3) is 11.3 Å². The minimum Gasteiger partial charge on any atom is -0.489 e. The maximum Gasteiger partial charge on any atom is 0.356 e. The van der Waals surface area contributed by atoms with Gasteiger partial charge in [-0.3, -0.25) is 4.68 Å². The van der Waals surface area contributed by atoms with Gasteiger partial charge in [-0.25, -0.2) is 4.79 Å². The first-order chi connectivity index (χ1) is 14.7. The lowest BCUT2D eigenvalue weighted by atomic mass is 9.94. The summed E-state index contributed by atoms with van der Waals surface area (Å²) in [4.78, 5) is 11.8. The summed E-state index contributed by atoms with van der Waals surface area (Å²) in [6, 6.07) is 18.3. The van der Waals surface area contributed by atoms with Gasteiger partial charge in [-0.2, -0.15) is 5.10 Å². The van der Waals surface area contributed by atoms with Crippen LogP contribution in [-0.2, 0) is 13.0 Å². The van der Waals surface area contributed by atoms with E-state index in [1.54, 1.807) is 0 Å². The molecule has 4 rings (SSSR count). The molecule has 1 aromatic heterocycles. The van der Waals surface area contributed by atoms with Gasteiger partial charge in [-0.1, -0.05) is 56.5 Å². The topological polar surface area (TPSA) is 64.3 Å². The van der Waals surface area contributed by atoms with Gasteiger partial charge in [0.2, 0.25) is 0 Å². The monoisotopic (exact) mass is 404 g/mol. The number of carbonyl (C=O) groups is 1. The van der Waals surface area contributed by atoms with E-state index in [1.807, 2.05) is 66.2 Å². The zero-order valence-electron chi connectivity index (χ0n) is 17.4. The number of aromatic nitrogens is 2. The SMILES string of the molecule is CCc1c(C(=O)O)nn(C2CCCCC2)c1-c1ccc(OCc2ccccc2)cc1. The second kappa shape index (κ2) is 9.16. The zero-order valence-corrected chi connectivity index (χ0v) is 17.4. The van der Waals surface area contributed by atoms with Crippen LogP contribution < -0.4 is 4.74 Å². The summed E-state index contributed by atoms with van der Waals surface area (Å²) in [7, 11) is 0. The molecule has 1 aliphatic rings. The molecule has 0 radical (unpaired) electrons. The third-order valence-electron chi connectivity index (χ3n) is 5.86. The van der Waals surface area contributed by atoms with E-state index >= 15 is 0 Å². The first-order valence-electron chi connectivity index (χ1n) is 10.8. The first kappa shape index (κ1) is 20.2. The second-order valence-electron chi connectivity index (χ2n) is 7.87. The van der Waals surface area contributed by atoms with Gasteiger partial charge in [0, 0.05) is 11.1 Å². The fraction of sp³-hybridized carbons (Fsp3) is 0.360. The average Bonchev–Trinajstić information content (AvgIpc) is 3.19. The molecule has 1 N–H and O–H groups in total. The Morgan fingerprint density at radius 3 is 2.40 bits per heavy atom. The highest BCUT2D eigenvalue weighted by Gasteiger charge is 2.27. The van der Waals surface area contributed by atoms with Crippen molar-refractivity contribution in [2.45, 2.75) is 58.1 Å². The van der Waals surface area contributed by atoms with E-state index < -0.39 is 5.97 Å².